The Bertz CT molecular complexity index is 1120. The molecule has 0 radical (unpaired) electrons. The average molecular weight is 446 g/mol. The van der Waals surface area contributed by atoms with Gasteiger partial charge in [0.15, 0.2) is 5.15 Å². The first kappa shape index (κ1) is 21.2. The van der Waals surface area contributed by atoms with Crippen LogP contribution in [-0.2, 0) is 29.1 Å². The lowest BCUT2D eigenvalue weighted by molar-refractivity contribution is -0.120. The highest BCUT2D eigenvalue weighted by atomic mass is 35.5. The Labute approximate surface area is 186 Å². The maximum Gasteiger partial charge on any atom is 0.228 e. The third-order valence-corrected chi connectivity index (χ3v) is 7.54. The van der Waals surface area contributed by atoms with Crippen molar-refractivity contribution in [2.24, 2.45) is 13.0 Å². The maximum absolute atomic E-state index is 12.8. The van der Waals surface area contributed by atoms with Crippen LogP contribution in [0.15, 0.2) is 12.3 Å². The number of hydrogen-bond acceptors (Lipinski definition) is 5. The van der Waals surface area contributed by atoms with E-state index < -0.39 is 0 Å². The van der Waals surface area contributed by atoms with Gasteiger partial charge in [0.25, 0.3) is 0 Å². The number of fused-ring (bicyclic) bond motifs is 2. The second-order valence-corrected chi connectivity index (χ2v) is 11.2. The van der Waals surface area contributed by atoms with Crippen molar-refractivity contribution >= 4 is 44.9 Å². The van der Waals surface area contributed by atoms with Crippen LogP contribution in [-0.4, -0.2) is 25.7 Å². The molecule has 4 rings (SSSR count). The van der Waals surface area contributed by atoms with Crippen molar-refractivity contribution in [2.45, 2.75) is 64.7 Å². The molecular weight excluding hydrogens is 418 g/mol. The molecule has 4 heterocycles. The summed E-state index contributed by atoms with van der Waals surface area (Å²) in [5.74, 6) is 0.855. The number of nitrogens with zero attached hydrogens (tertiary/aromatic N) is 4. The molecule has 1 atom stereocenters. The predicted molar refractivity (Wildman–Crippen MR) is 122 cm³/mol. The Morgan fingerprint density at radius 3 is 2.70 bits per heavy atom. The largest absolute Gasteiger partial charge is 0.310 e. The standard InChI is InChI=1S/C22H28ClN5OS/c1-21(2,3)16-13-11-12(19(29)26-18(13)28(6)27-16)7-9-22(4,5)20-25-15-14(30-20)8-10-24-17(15)23/h8,10,12H,7,9,11H2,1-6H3,(H,26,29). The highest BCUT2D eigenvalue weighted by Crippen LogP contribution is 2.40. The molecule has 1 unspecified atom stereocenters. The van der Waals surface area contributed by atoms with E-state index in [0.717, 1.165) is 46.0 Å². The molecule has 30 heavy (non-hydrogen) atoms. The fourth-order valence-electron chi connectivity index (χ4n) is 4.07. The fraction of sp³-hybridized carbons (Fsp3) is 0.545. The van der Waals surface area contributed by atoms with Crippen LogP contribution in [0.2, 0.25) is 5.15 Å². The van der Waals surface area contributed by atoms with Gasteiger partial charge in [-0.05, 0) is 25.3 Å². The topological polar surface area (TPSA) is 72.7 Å². The molecule has 8 heteroatoms. The summed E-state index contributed by atoms with van der Waals surface area (Å²) in [5.41, 5.74) is 2.78. The normalized spacial score (nSPS) is 17.3. The van der Waals surface area contributed by atoms with Gasteiger partial charge in [-0.2, -0.15) is 5.10 Å². The highest BCUT2D eigenvalue weighted by molar-refractivity contribution is 7.18. The number of rotatable bonds is 4. The minimum atomic E-state index is -0.157. The monoisotopic (exact) mass is 445 g/mol. The number of aryl methyl sites for hydroxylation is 1. The molecule has 0 saturated heterocycles. The number of halogens is 1. The maximum atomic E-state index is 12.8. The molecule has 1 N–H and O–H groups in total. The quantitative estimate of drug-likeness (QED) is 0.557. The molecule has 1 amide bonds. The third-order valence-electron chi connectivity index (χ3n) is 5.88. The Kier molecular flexibility index (Phi) is 5.18. The summed E-state index contributed by atoms with van der Waals surface area (Å²) in [4.78, 5) is 21.7. The van der Waals surface area contributed by atoms with E-state index in [2.05, 4.69) is 44.9 Å². The smallest absolute Gasteiger partial charge is 0.228 e. The summed E-state index contributed by atoms with van der Waals surface area (Å²) in [7, 11) is 1.89. The van der Waals surface area contributed by atoms with Gasteiger partial charge >= 0.3 is 0 Å². The van der Waals surface area contributed by atoms with Crippen molar-refractivity contribution < 1.29 is 4.79 Å². The fourth-order valence-corrected chi connectivity index (χ4v) is 5.41. The molecule has 3 aromatic heterocycles. The minimum absolute atomic E-state index is 0.0640. The molecule has 0 aromatic carbocycles. The summed E-state index contributed by atoms with van der Waals surface area (Å²) < 4.78 is 2.84. The van der Waals surface area contributed by atoms with Crippen LogP contribution in [0.1, 0.15) is 63.7 Å². The van der Waals surface area contributed by atoms with Gasteiger partial charge in [0.05, 0.1) is 15.4 Å². The Morgan fingerprint density at radius 1 is 1.30 bits per heavy atom. The second-order valence-electron chi connectivity index (χ2n) is 9.83. The molecule has 6 nitrogen and oxygen atoms in total. The van der Waals surface area contributed by atoms with Crippen LogP contribution in [0.4, 0.5) is 5.82 Å². The minimum Gasteiger partial charge on any atom is -0.310 e. The Hall–Kier alpha value is -1.99. The zero-order valence-corrected chi connectivity index (χ0v) is 19.9. The molecule has 1 aliphatic rings. The molecule has 160 valence electrons. The number of nitrogens with one attached hydrogen (secondary N) is 1. The predicted octanol–water partition coefficient (Wildman–Crippen LogP) is 5.24. The summed E-state index contributed by atoms with van der Waals surface area (Å²) in [6.07, 6.45) is 4.09. The summed E-state index contributed by atoms with van der Waals surface area (Å²) in [6.45, 7) is 10.9. The van der Waals surface area contributed by atoms with Crippen molar-refractivity contribution in [1.82, 2.24) is 19.7 Å². The van der Waals surface area contributed by atoms with E-state index in [1.165, 1.54) is 5.56 Å². The van der Waals surface area contributed by atoms with E-state index in [4.69, 9.17) is 21.7 Å². The molecule has 0 saturated carbocycles. The van der Waals surface area contributed by atoms with Crippen LogP contribution in [0, 0.1) is 5.92 Å². The Balaban J connectivity index is 1.55. The van der Waals surface area contributed by atoms with Crippen LogP contribution >= 0.6 is 22.9 Å². The molecule has 1 aliphatic heterocycles. The molecule has 3 aromatic rings. The molecule has 0 bridgehead atoms. The first-order valence-electron chi connectivity index (χ1n) is 10.3. The second kappa shape index (κ2) is 7.31. The van der Waals surface area contributed by atoms with E-state index in [0.29, 0.717) is 5.15 Å². The summed E-state index contributed by atoms with van der Waals surface area (Å²) in [5, 5.41) is 9.26. The van der Waals surface area contributed by atoms with Crippen LogP contribution in [0.5, 0.6) is 0 Å². The SMILES string of the molecule is Cn1nc(C(C)(C)C)c2c1NC(=O)C(CCC(C)(C)c1nc3c(Cl)nccc3s1)C2. The van der Waals surface area contributed by atoms with Gasteiger partial charge in [-0.15, -0.1) is 11.3 Å². The zero-order valence-electron chi connectivity index (χ0n) is 18.3. The molecule has 0 fully saturated rings. The van der Waals surface area contributed by atoms with Crippen molar-refractivity contribution in [3.63, 3.8) is 0 Å². The number of hydrogen-bond donors (Lipinski definition) is 1. The highest BCUT2D eigenvalue weighted by Gasteiger charge is 2.36. The number of carbonyl (C=O) groups is 1. The first-order valence-corrected chi connectivity index (χ1v) is 11.5. The van der Waals surface area contributed by atoms with Crippen LogP contribution in [0.3, 0.4) is 0 Å². The van der Waals surface area contributed by atoms with Gasteiger partial charge in [0.1, 0.15) is 11.3 Å². The number of aromatic nitrogens is 4. The van der Waals surface area contributed by atoms with Gasteiger partial charge in [-0.25, -0.2) is 9.97 Å². The van der Waals surface area contributed by atoms with Gasteiger partial charge in [-0.1, -0.05) is 46.2 Å². The van der Waals surface area contributed by atoms with Crippen molar-refractivity contribution in [2.75, 3.05) is 5.32 Å². The lowest BCUT2D eigenvalue weighted by Gasteiger charge is -2.28. The third kappa shape index (κ3) is 3.73. The summed E-state index contributed by atoms with van der Waals surface area (Å²) >= 11 is 7.87. The van der Waals surface area contributed by atoms with Crippen LogP contribution < -0.4 is 5.32 Å². The van der Waals surface area contributed by atoms with E-state index in [9.17, 15) is 4.79 Å². The lowest BCUT2D eigenvalue weighted by atomic mass is 9.80. The van der Waals surface area contributed by atoms with E-state index in [1.807, 2.05) is 13.1 Å². The van der Waals surface area contributed by atoms with Gasteiger partial charge in [-0.3, -0.25) is 9.48 Å². The number of thiazole rings is 1. The van der Waals surface area contributed by atoms with Crippen molar-refractivity contribution in [3.05, 3.63) is 33.7 Å². The van der Waals surface area contributed by atoms with Gasteiger partial charge in [0, 0.05) is 35.6 Å². The average Bonchev–Trinajstić information content (AvgIpc) is 3.23. The number of amides is 1. The van der Waals surface area contributed by atoms with E-state index in [-0.39, 0.29) is 22.7 Å². The molecular formula is C22H28ClN5OS. The lowest BCUT2D eigenvalue weighted by Crippen LogP contribution is -2.32. The number of anilines is 1. The van der Waals surface area contributed by atoms with E-state index >= 15 is 0 Å². The summed E-state index contributed by atoms with van der Waals surface area (Å²) in [6, 6.07) is 1.95. The van der Waals surface area contributed by atoms with Crippen LogP contribution in [0.25, 0.3) is 10.2 Å². The molecule has 0 aliphatic carbocycles. The first-order chi connectivity index (χ1) is 14.0. The Morgan fingerprint density at radius 2 is 2.03 bits per heavy atom. The molecule has 0 spiro atoms. The van der Waals surface area contributed by atoms with Gasteiger partial charge in [0.2, 0.25) is 5.91 Å². The van der Waals surface area contributed by atoms with Gasteiger partial charge < -0.3 is 5.32 Å². The van der Waals surface area contributed by atoms with Crippen molar-refractivity contribution in [1.29, 1.82) is 0 Å². The van der Waals surface area contributed by atoms with E-state index in [1.54, 1.807) is 22.2 Å². The van der Waals surface area contributed by atoms with Crippen molar-refractivity contribution in [3.8, 4) is 0 Å². The zero-order chi connectivity index (χ0) is 21.8. The number of pyridine rings is 1. The number of carbonyl (C=O) groups excluding carboxylic acids is 1.